The van der Waals surface area contributed by atoms with Crippen LogP contribution >= 0.6 is 18.7 Å². The fraction of sp³-hybridized carbons (Fsp3) is 0.407. The summed E-state index contributed by atoms with van der Waals surface area (Å²) in [6.45, 7) is 7.62. The highest BCUT2D eigenvalue weighted by Gasteiger charge is 2.23. The molecule has 8 nitrogen and oxygen atoms in total. The van der Waals surface area contributed by atoms with Gasteiger partial charge >= 0.3 is 0 Å². The Kier molecular flexibility index (Phi) is 8.32. The quantitative estimate of drug-likeness (QED) is 0.350. The van der Waals surface area contributed by atoms with Gasteiger partial charge in [-0.05, 0) is 71.0 Å². The van der Waals surface area contributed by atoms with Gasteiger partial charge in [-0.25, -0.2) is 4.98 Å². The highest BCUT2D eigenvalue weighted by atomic mass is 35.5. The molecule has 2 aromatic carbocycles. The maximum absolute atomic E-state index is 12.8. The van der Waals surface area contributed by atoms with Gasteiger partial charge in [-0.1, -0.05) is 23.7 Å². The molecule has 0 bridgehead atoms. The van der Waals surface area contributed by atoms with Crippen molar-refractivity contribution >= 4 is 52.9 Å². The Morgan fingerprint density at radius 3 is 2.46 bits per heavy atom. The summed E-state index contributed by atoms with van der Waals surface area (Å²) in [6.07, 6.45) is 3.82. The summed E-state index contributed by atoms with van der Waals surface area (Å²) in [5.74, 6) is 1.51. The second-order valence-corrected chi connectivity index (χ2v) is 13.6. The van der Waals surface area contributed by atoms with Crippen LogP contribution in [0, 0.1) is 6.92 Å². The molecule has 1 fully saturated rings. The largest absolute Gasteiger partial charge is 0.494 e. The third-order valence-corrected chi connectivity index (χ3v) is 8.61. The molecule has 0 spiro atoms. The zero-order valence-corrected chi connectivity index (χ0v) is 24.0. The average Bonchev–Trinajstić information content (AvgIpc) is 2.86. The van der Waals surface area contributed by atoms with Gasteiger partial charge in [-0.15, -0.1) is 0 Å². The molecule has 1 aromatic heterocycles. The van der Waals surface area contributed by atoms with Gasteiger partial charge in [-0.2, -0.15) is 4.98 Å². The molecule has 2 heterocycles. The van der Waals surface area contributed by atoms with Crippen LogP contribution in [0.25, 0.3) is 0 Å². The third-order valence-electron chi connectivity index (χ3n) is 6.78. The van der Waals surface area contributed by atoms with Crippen molar-refractivity contribution in [1.82, 2.24) is 14.9 Å². The fourth-order valence-electron chi connectivity index (χ4n) is 4.72. The molecule has 0 amide bonds. The number of ether oxygens (including phenoxy) is 1. The number of benzene rings is 2. The Balaban J connectivity index is 1.57. The van der Waals surface area contributed by atoms with Crippen LogP contribution in [0.15, 0.2) is 42.6 Å². The fourth-order valence-corrected chi connectivity index (χ4v) is 6.01. The van der Waals surface area contributed by atoms with E-state index in [0.29, 0.717) is 34.3 Å². The number of anilines is 5. The number of nitrogens with one attached hydrogen (secondary N) is 2. The van der Waals surface area contributed by atoms with Crippen molar-refractivity contribution in [3.8, 4) is 5.75 Å². The van der Waals surface area contributed by atoms with Gasteiger partial charge in [0.2, 0.25) is 5.95 Å². The van der Waals surface area contributed by atoms with Gasteiger partial charge in [0.15, 0.2) is 5.82 Å². The van der Waals surface area contributed by atoms with Crippen LogP contribution in [0.1, 0.15) is 18.4 Å². The Hall–Kier alpha value is -2.80. The molecule has 0 aliphatic carbocycles. The molecule has 1 aliphatic heterocycles. The van der Waals surface area contributed by atoms with E-state index < -0.39 is 7.14 Å². The molecule has 37 heavy (non-hydrogen) atoms. The van der Waals surface area contributed by atoms with Gasteiger partial charge < -0.3 is 29.7 Å². The summed E-state index contributed by atoms with van der Waals surface area (Å²) >= 11 is 6.42. The lowest BCUT2D eigenvalue weighted by Crippen LogP contribution is -2.42. The van der Waals surface area contributed by atoms with E-state index in [4.69, 9.17) is 16.3 Å². The minimum absolute atomic E-state index is 0.363. The Labute approximate surface area is 224 Å². The van der Waals surface area contributed by atoms with Crippen molar-refractivity contribution in [3.05, 3.63) is 53.2 Å². The number of halogens is 1. The van der Waals surface area contributed by atoms with E-state index in [0.717, 1.165) is 42.5 Å². The first-order valence-corrected chi connectivity index (χ1v) is 15.4. The van der Waals surface area contributed by atoms with Crippen molar-refractivity contribution in [2.75, 3.05) is 63.2 Å². The zero-order valence-electron chi connectivity index (χ0n) is 22.4. The lowest BCUT2D eigenvalue weighted by Gasteiger charge is -2.37. The topological polar surface area (TPSA) is 82.6 Å². The Morgan fingerprint density at radius 2 is 1.81 bits per heavy atom. The first kappa shape index (κ1) is 27.2. The highest BCUT2D eigenvalue weighted by molar-refractivity contribution is 7.70. The average molecular weight is 543 g/mol. The van der Waals surface area contributed by atoms with Gasteiger partial charge in [-0.3, -0.25) is 0 Å². The van der Waals surface area contributed by atoms with Crippen molar-refractivity contribution in [1.29, 1.82) is 0 Å². The van der Waals surface area contributed by atoms with Crippen LogP contribution in [0.2, 0.25) is 5.02 Å². The SMILES string of the molecule is COc1cc(N2CCC(N(C)C)CC2)c(C)cc1Nc1ncc(Cl)c(Nc2ccccc2P(C)(C)=O)n1. The molecule has 0 radical (unpaired) electrons. The normalized spacial score (nSPS) is 14.6. The number of hydrogen-bond acceptors (Lipinski definition) is 8. The van der Waals surface area contributed by atoms with E-state index in [1.165, 1.54) is 5.69 Å². The van der Waals surface area contributed by atoms with E-state index in [-0.39, 0.29) is 0 Å². The number of para-hydroxylation sites is 1. The monoisotopic (exact) mass is 542 g/mol. The Morgan fingerprint density at radius 1 is 1.11 bits per heavy atom. The molecule has 1 aliphatic rings. The number of nitrogens with zero attached hydrogens (tertiary/aromatic N) is 4. The summed E-state index contributed by atoms with van der Waals surface area (Å²) in [6, 6.07) is 12.3. The second kappa shape index (κ2) is 11.3. The molecule has 0 unspecified atom stereocenters. The summed E-state index contributed by atoms with van der Waals surface area (Å²) in [5, 5.41) is 7.63. The third kappa shape index (κ3) is 6.38. The molecule has 3 aromatic rings. The van der Waals surface area contributed by atoms with Crippen molar-refractivity contribution in [2.45, 2.75) is 25.8 Å². The zero-order chi connectivity index (χ0) is 26.7. The minimum atomic E-state index is -2.50. The van der Waals surface area contributed by atoms with E-state index in [9.17, 15) is 4.57 Å². The summed E-state index contributed by atoms with van der Waals surface area (Å²) in [5.41, 5.74) is 3.80. The maximum atomic E-state index is 12.8. The molecule has 10 heteroatoms. The first-order valence-electron chi connectivity index (χ1n) is 12.4. The Bertz CT molecular complexity index is 1300. The lowest BCUT2D eigenvalue weighted by atomic mass is 10.0. The first-order chi connectivity index (χ1) is 17.6. The minimum Gasteiger partial charge on any atom is -0.494 e. The van der Waals surface area contributed by atoms with E-state index >= 15 is 0 Å². The predicted octanol–water partition coefficient (Wildman–Crippen LogP) is 5.71. The summed E-state index contributed by atoms with van der Waals surface area (Å²) in [7, 11) is 3.47. The van der Waals surface area contributed by atoms with Gasteiger partial charge in [0, 0.05) is 36.2 Å². The van der Waals surface area contributed by atoms with Crippen LogP contribution in [0.3, 0.4) is 0 Å². The predicted molar refractivity (Wildman–Crippen MR) is 156 cm³/mol. The molecule has 2 N–H and O–H groups in total. The van der Waals surface area contributed by atoms with Crippen LogP contribution in [0.4, 0.5) is 28.8 Å². The summed E-state index contributed by atoms with van der Waals surface area (Å²) < 4.78 is 18.5. The van der Waals surface area contributed by atoms with Gasteiger partial charge in [0.05, 0.1) is 24.7 Å². The van der Waals surface area contributed by atoms with Gasteiger partial charge in [0.1, 0.15) is 17.9 Å². The molecule has 1 saturated heterocycles. The number of aromatic nitrogens is 2. The number of rotatable bonds is 8. The van der Waals surface area contributed by atoms with Crippen LogP contribution in [-0.4, -0.2) is 68.5 Å². The standard InChI is InChI=1S/C27H36ClN6O2P/c1-18-15-22(24(36-4)16-23(18)34-13-11-19(12-14-34)33(2)3)31-27-29-17-20(28)26(32-27)30-21-9-7-8-10-25(21)37(5,6)35/h7-10,15-17,19H,11-14H2,1-6H3,(H2,29,30,31,32). The summed E-state index contributed by atoms with van der Waals surface area (Å²) in [4.78, 5) is 13.7. The maximum Gasteiger partial charge on any atom is 0.229 e. The molecule has 0 saturated carbocycles. The molecule has 0 atom stereocenters. The molecular formula is C27H36ClN6O2P. The highest BCUT2D eigenvalue weighted by Crippen LogP contribution is 2.39. The molecular weight excluding hydrogens is 507 g/mol. The number of methoxy groups -OCH3 is 1. The number of hydrogen-bond donors (Lipinski definition) is 2. The smallest absolute Gasteiger partial charge is 0.229 e. The van der Waals surface area contributed by atoms with Crippen LogP contribution in [0.5, 0.6) is 5.75 Å². The van der Waals surface area contributed by atoms with Crippen molar-refractivity contribution in [3.63, 3.8) is 0 Å². The second-order valence-electron chi connectivity index (χ2n) is 10.0. The van der Waals surface area contributed by atoms with Crippen molar-refractivity contribution < 1.29 is 9.30 Å². The lowest BCUT2D eigenvalue weighted by molar-refractivity contribution is 0.249. The van der Waals surface area contributed by atoms with Crippen LogP contribution in [-0.2, 0) is 4.57 Å². The number of piperidine rings is 1. The van der Waals surface area contributed by atoms with E-state index in [2.05, 4.69) is 63.6 Å². The molecule has 4 rings (SSSR count). The van der Waals surface area contributed by atoms with E-state index in [1.807, 2.05) is 24.3 Å². The van der Waals surface area contributed by atoms with Crippen LogP contribution < -0.4 is 25.6 Å². The van der Waals surface area contributed by atoms with Crippen molar-refractivity contribution in [2.24, 2.45) is 0 Å². The number of aryl methyl sites for hydroxylation is 1. The van der Waals surface area contributed by atoms with Gasteiger partial charge in [0.25, 0.3) is 0 Å². The molecule has 198 valence electrons. The van der Waals surface area contributed by atoms with E-state index in [1.54, 1.807) is 26.6 Å².